The Bertz CT molecular complexity index is 1200. The predicted molar refractivity (Wildman–Crippen MR) is 121 cm³/mol. The Morgan fingerprint density at radius 1 is 0.938 bits per heavy atom. The van der Waals surface area contributed by atoms with Gasteiger partial charge in [-0.3, -0.25) is 14.5 Å². The first-order valence-corrected chi connectivity index (χ1v) is 10.4. The molecule has 0 atom stereocenters. The molecule has 1 heterocycles. The lowest BCUT2D eigenvalue weighted by Gasteiger charge is -2.16. The van der Waals surface area contributed by atoms with Crippen molar-refractivity contribution >= 4 is 23.1 Å². The number of halogens is 1. The summed E-state index contributed by atoms with van der Waals surface area (Å²) in [6, 6.07) is 20.7. The molecule has 2 amide bonds. The maximum absolute atomic E-state index is 14.2. The van der Waals surface area contributed by atoms with Gasteiger partial charge in [-0.15, -0.1) is 0 Å². The van der Waals surface area contributed by atoms with Crippen LogP contribution in [0.2, 0.25) is 0 Å². The summed E-state index contributed by atoms with van der Waals surface area (Å²) >= 11 is 0. The highest BCUT2D eigenvalue weighted by Gasteiger charge is 2.39. The molecule has 0 aliphatic carbocycles. The Kier molecular flexibility index (Phi) is 6.03. The highest BCUT2D eigenvalue weighted by molar-refractivity contribution is 6.36. The molecule has 1 N–H and O–H groups in total. The van der Waals surface area contributed by atoms with Crippen LogP contribution >= 0.6 is 0 Å². The van der Waals surface area contributed by atoms with Crippen molar-refractivity contribution in [2.75, 3.05) is 11.9 Å². The van der Waals surface area contributed by atoms with Crippen LogP contribution in [0.4, 0.5) is 10.1 Å². The topological polar surface area (TPSA) is 58.6 Å². The van der Waals surface area contributed by atoms with E-state index in [2.05, 4.69) is 5.32 Å². The summed E-state index contributed by atoms with van der Waals surface area (Å²) in [6.07, 6.45) is 0. The highest BCUT2D eigenvalue weighted by atomic mass is 19.1. The Morgan fingerprint density at radius 2 is 1.69 bits per heavy atom. The first-order valence-electron chi connectivity index (χ1n) is 10.4. The molecule has 4 rings (SSSR count). The van der Waals surface area contributed by atoms with Gasteiger partial charge in [-0.2, -0.15) is 0 Å². The van der Waals surface area contributed by atoms with Gasteiger partial charge in [0.15, 0.2) is 0 Å². The first-order chi connectivity index (χ1) is 15.5. The van der Waals surface area contributed by atoms with Crippen LogP contribution in [0.5, 0.6) is 5.75 Å². The second-order valence-corrected chi connectivity index (χ2v) is 7.49. The smallest absolute Gasteiger partial charge is 0.278 e. The summed E-state index contributed by atoms with van der Waals surface area (Å²) in [6.45, 7) is 4.21. The molecule has 6 heteroatoms. The number of imide groups is 1. The Hall–Kier alpha value is -3.93. The first kappa shape index (κ1) is 21.3. The van der Waals surface area contributed by atoms with Crippen LogP contribution in [0.3, 0.4) is 0 Å². The van der Waals surface area contributed by atoms with Crippen molar-refractivity contribution in [1.29, 1.82) is 0 Å². The lowest BCUT2D eigenvalue weighted by Crippen LogP contribution is -2.32. The zero-order valence-electron chi connectivity index (χ0n) is 17.9. The number of carbonyl (C=O) groups excluding carboxylic acids is 2. The van der Waals surface area contributed by atoms with Crippen LogP contribution in [0.25, 0.3) is 5.57 Å². The van der Waals surface area contributed by atoms with Gasteiger partial charge in [0.05, 0.1) is 18.7 Å². The summed E-state index contributed by atoms with van der Waals surface area (Å²) in [5, 5.41) is 3.12. The third-order valence-electron chi connectivity index (χ3n) is 5.20. The van der Waals surface area contributed by atoms with Gasteiger partial charge in [0.25, 0.3) is 11.8 Å². The van der Waals surface area contributed by atoms with Crippen molar-refractivity contribution in [3.63, 3.8) is 0 Å². The number of aryl methyl sites for hydroxylation is 1. The van der Waals surface area contributed by atoms with Crippen molar-refractivity contribution in [2.24, 2.45) is 0 Å². The van der Waals surface area contributed by atoms with Gasteiger partial charge in [0.2, 0.25) is 0 Å². The molecular weight excluding hydrogens is 407 g/mol. The number of amides is 2. The van der Waals surface area contributed by atoms with Gasteiger partial charge in [0, 0.05) is 11.3 Å². The van der Waals surface area contributed by atoms with Crippen molar-refractivity contribution in [1.82, 2.24) is 4.90 Å². The number of ether oxygens (including phenoxy) is 1. The van der Waals surface area contributed by atoms with E-state index >= 15 is 0 Å². The largest absolute Gasteiger partial charge is 0.494 e. The van der Waals surface area contributed by atoms with E-state index in [0.29, 0.717) is 23.6 Å². The molecule has 0 aromatic heterocycles. The lowest BCUT2D eigenvalue weighted by atomic mass is 10.0. The molecule has 0 saturated carbocycles. The molecular formula is C26H23FN2O3. The van der Waals surface area contributed by atoms with Crippen LogP contribution in [-0.4, -0.2) is 23.3 Å². The monoisotopic (exact) mass is 430 g/mol. The number of hydrogen-bond donors (Lipinski definition) is 1. The molecule has 1 aliphatic heterocycles. The molecule has 0 spiro atoms. The highest BCUT2D eigenvalue weighted by Crippen LogP contribution is 2.32. The minimum Gasteiger partial charge on any atom is -0.494 e. The molecule has 162 valence electrons. The van der Waals surface area contributed by atoms with Crippen LogP contribution in [0, 0.1) is 12.7 Å². The number of hydrogen-bond acceptors (Lipinski definition) is 4. The van der Waals surface area contributed by atoms with Crippen LogP contribution < -0.4 is 10.1 Å². The van der Waals surface area contributed by atoms with Gasteiger partial charge in [-0.1, -0.05) is 42.5 Å². The average molecular weight is 430 g/mol. The molecule has 0 saturated heterocycles. The fraction of sp³-hybridized carbons (Fsp3) is 0.154. The SMILES string of the molecule is CCOc1ccc(C2=C(Nc3cccc(C)c3)C(=O)N(Cc3ccccc3F)C2=O)cc1. The number of benzene rings is 3. The van der Waals surface area contributed by atoms with Gasteiger partial charge in [-0.25, -0.2) is 4.39 Å². The Labute approximate surface area is 186 Å². The fourth-order valence-corrected chi connectivity index (χ4v) is 3.65. The quantitative estimate of drug-likeness (QED) is 0.541. The maximum atomic E-state index is 14.2. The number of anilines is 1. The zero-order chi connectivity index (χ0) is 22.7. The van der Waals surface area contributed by atoms with Crippen LogP contribution in [0.15, 0.2) is 78.5 Å². The number of nitrogens with zero attached hydrogens (tertiary/aromatic N) is 1. The predicted octanol–water partition coefficient (Wildman–Crippen LogP) is 4.93. The molecule has 5 nitrogen and oxygen atoms in total. The van der Waals surface area contributed by atoms with Crippen molar-refractivity contribution < 1.29 is 18.7 Å². The number of nitrogens with one attached hydrogen (secondary N) is 1. The third kappa shape index (κ3) is 4.25. The summed E-state index contributed by atoms with van der Waals surface area (Å²) in [7, 11) is 0. The molecule has 3 aromatic rings. The van der Waals surface area contributed by atoms with Crippen LogP contribution in [0.1, 0.15) is 23.6 Å². The summed E-state index contributed by atoms with van der Waals surface area (Å²) < 4.78 is 19.7. The second-order valence-electron chi connectivity index (χ2n) is 7.49. The molecule has 0 unspecified atom stereocenters. The van der Waals surface area contributed by atoms with Crippen molar-refractivity contribution in [2.45, 2.75) is 20.4 Å². The van der Waals surface area contributed by atoms with Crippen molar-refractivity contribution in [3.8, 4) is 5.75 Å². The molecule has 0 radical (unpaired) electrons. The normalized spacial score (nSPS) is 13.7. The molecule has 0 fully saturated rings. The second kappa shape index (κ2) is 9.06. The molecule has 1 aliphatic rings. The van der Waals surface area contributed by atoms with Crippen LogP contribution in [-0.2, 0) is 16.1 Å². The number of carbonyl (C=O) groups is 2. The molecule has 3 aromatic carbocycles. The van der Waals surface area contributed by atoms with Crippen molar-refractivity contribution in [3.05, 3.63) is 101 Å². The van der Waals surface area contributed by atoms with Gasteiger partial charge < -0.3 is 10.1 Å². The zero-order valence-corrected chi connectivity index (χ0v) is 17.9. The Balaban J connectivity index is 1.74. The van der Waals surface area contributed by atoms with E-state index in [9.17, 15) is 14.0 Å². The van der Waals surface area contributed by atoms with E-state index in [1.807, 2.05) is 38.1 Å². The molecule has 0 bridgehead atoms. The number of rotatable bonds is 7. The van der Waals surface area contributed by atoms with E-state index in [-0.39, 0.29) is 23.4 Å². The maximum Gasteiger partial charge on any atom is 0.278 e. The van der Waals surface area contributed by atoms with E-state index < -0.39 is 17.6 Å². The van der Waals surface area contributed by atoms with Gasteiger partial charge in [0.1, 0.15) is 17.3 Å². The average Bonchev–Trinajstić information content (AvgIpc) is 3.00. The van der Waals surface area contributed by atoms with Gasteiger partial charge in [-0.05, 0) is 55.3 Å². The summed E-state index contributed by atoms with van der Waals surface area (Å²) in [5.41, 5.74) is 2.97. The van der Waals surface area contributed by atoms with E-state index in [1.165, 1.54) is 6.07 Å². The van der Waals surface area contributed by atoms with Gasteiger partial charge >= 0.3 is 0 Å². The minimum absolute atomic E-state index is 0.149. The van der Waals surface area contributed by atoms with E-state index in [1.54, 1.807) is 42.5 Å². The Morgan fingerprint density at radius 3 is 2.38 bits per heavy atom. The summed E-state index contributed by atoms with van der Waals surface area (Å²) in [5.74, 6) is -0.762. The third-order valence-corrected chi connectivity index (χ3v) is 5.20. The van der Waals surface area contributed by atoms with E-state index in [4.69, 9.17) is 4.74 Å². The van der Waals surface area contributed by atoms with E-state index in [0.717, 1.165) is 10.5 Å². The lowest BCUT2D eigenvalue weighted by molar-refractivity contribution is -0.137. The minimum atomic E-state index is -0.497. The summed E-state index contributed by atoms with van der Waals surface area (Å²) in [4.78, 5) is 27.7. The fourth-order valence-electron chi connectivity index (χ4n) is 3.65. The standard InChI is InChI=1S/C26H23FN2O3/c1-3-32-21-13-11-18(12-14-21)23-24(28-20-9-6-7-17(2)15-20)26(31)29(25(23)30)16-19-8-4-5-10-22(19)27/h4-15,28H,3,16H2,1-2H3. The molecule has 32 heavy (non-hydrogen) atoms.